The van der Waals surface area contributed by atoms with E-state index in [-0.39, 0.29) is 52.9 Å². The van der Waals surface area contributed by atoms with Gasteiger partial charge in [0.15, 0.2) is 25.5 Å². The van der Waals surface area contributed by atoms with Crippen LogP contribution >= 0.6 is 11.6 Å². The normalized spacial score (nSPS) is 14.3. The van der Waals surface area contributed by atoms with E-state index in [2.05, 4.69) is 32.5 Å². The van der Waals surface area contributed by atoms with Crippen molar-refractivity contribution in [1.29, 1.82) is 0 Å². The van der Waals surface area contributed by atoms with E-state index in [1.165, 1.54) is 27.8 Å². The van der Waals surface area contributed by atoms with Crippen LogP contribution in [0.5, 0.6) is 0 Å². The van der Waals surface area contributed by atoms with Crippen molar-refractivity contribution in [2.24, 2.45) is 7.05 Å². The number of ketones is 1. The predicted octanol–water partition coefficient (Wildman–Crippen LogP) is 4.79. The summed E-state index contributed by atoms with van der Waals surface area (Å²) in [4.78, 5) is 18.5. The van der Waals surface area contributed by atoms with Gasteiger partial charge < -0.3 is 0 Å². The molecule has 0 amide bonds. The summed E-state index contributed by atoms with van der Waals surface area (Å²) in [5.74, 6) is 2.73. The molecule has 5 aromatic rings. The first-order valence-electron chi connectivity index (χ1n) is 16.2. The summed E-state index contributed by atoms with van der Waals surface area (Å²) in [6, 6.07) is 9.75. The molecule has 2 aromatic carbocycles. The Labute approximate surface area is 304 Å². The van der Waals surface area contributed by atoms with Gasteiger partial charge in [0.25, 0.3) is 0 Å². The highest BCUT2D eigenvalue weighted by molar-refractivity contribution is 7.93. The Morgan fingerprint density at radius 3 is 2.38 bits per heavy atom. The maximum Gasteiger partial charge on any atom is 0.169 e. The van der Waals surface area contributed by atoms with Gasteiger partial charge >= 0.3 is 0 Å². The van der Waals surface area contributed by atoms with Crippen LogP contribution < -0.4 is 0 Å². The Kier molecular flexibility index (Phi) is 10.1. The molecule has 52 heavy (non-hydrogen) atoms. The van der Waals surface area contributed by atoms with Gasteiger partial charge in [-0.3, -0.25) is 9.48 Å². The third-order valence-electron chi connectivity index (χ3n) is 8.78. The quantitative estimate of drug-likeness (QED) is 0.162. The molecule has 1 aliphatic carbocycles. The van der Waals surface area contributed by atoms with Gasteiger partial charge in [-0.25, -0.2) is 35.3 Å². The monoisotopic (exact) mass is 769 g/mol. The molecule has 0 bridgehead atoms. The number of Topliss-reactive ketones (excluding diaryl/α,β-unsaturated/α-hetero) is 1. The highest BCUT2D eigenvalue weighted by Gasteiger charge is 2.45. The summed E-state index contributed by atoms with van der Waals surface area (Å²) in [6.45, 7) is 2.90. The van der Waals surface area contributed by atoms with Crippen LogP contribution in [0, 0.1) is 23.5 Å². The van der Waals surface area contributed by atoms with Crippen LogP contribution in [-0.4, -0.2) is 73.8 Å². The molecule has 17 heteroatoms. The second-order valence-corrected chi connectivity index (χ2v) is 18.8. The zero-order valence-electron chi connectivity index (χ0n) is 28.6. The lowest BCUT2D eigenvalue weighted by atomic mass is 9.86. The molecule has 0 aliphatic heterocycles. The number of tetrazole rings is 1. The van der Waals surface area contributed by atoms with Crippen LogP contribution in [0.25, 0.3) is 22.0 Å². The van der Waals surface area contributed by atoms with Crippen LogP contribution in [0.15, 0.2) is 48.8 Å². The first-order valence-corrected chi connectivity index (χ1v) is 20.2. The molecule has 1 aliphatic rings. The van der Waals surface area contributed by atoms with Gasteiger partial charge in [0.05, 0.1) is 32.9 Å². The number of hydrogen-bond donors (Lipinski definition) is 0. The molecule has 1 saturated carbocycles. The lowest BCUT2D eigenvalue weighted by Gasteiger charge is -2.21. The van der Waals surface area contributed by atoms with Crippen molar-refractivity contribution >= 4 is 48.0 Å². The molecule has 1 atom stereocenters. The van der Waals surface area contributed by atoms with Gasteiger partial charge in [0, 0.05) is 48.2 Å². The Hall–Kier alpha value is -4.59. The number of carbonyl (C=O) groups excluding carboxylic acids is 1. The molecular formula is C35H34ClF2N7O5S2. The standard InChI is InChI=1S/C35H34ClF2N7O5S2/c1-35(2,52(49,50)27-6-7-27)12-11-25-5-8-28(29-9-10-30(36)32-31(19-51(4,47)48)41-44(3)34(29)32)33(40-25)22(13-21-14-23(37)17-24(38)15-21)16-26(46)18-45-20-39-42-43-45/h5,8-10,14-15,17,20,22,27H,6-7,13,16,18-19H2,1-4H3/t22-/m1/s1. The number of aryl methyl sites for hydroxylation is 1. The van der Waals surface area contributed by atoms with Crippen LogP contribution in [0.4, 0.5) is 8.78 Å². The minimum absolute atomic E-state index is 0.0318. The Bertz CT molecular complexity index is 2470. The van der Waals surface area contributed by atoms with E-state index in [1.54, 1.807) is 45.2 Å². The first kappa shape index (κ1) is 37.2. The lowest BCUT2D eigenvalue weighted by Crippen LogP contribution is -2.33. The van der Waals surface area contributed by atoms with Gasteiger partial charge in [-0.2, -0.15) is 5.10 Å². The molecule has 0 N–H and O–H groups in total. The van der Waals surface area contributed by atoms with Gasteiger partial charge in [-0.1, -0.05) is 23.6 Å². The maximum absolute atomic E-state index is 14.5. The Morgan fingerprint density at radius 2 is 1.75 bits per heavy atom. The number of aromatic nitrogens is 7. The van der Waals surface area contributed by atoms with Crippen molar-refractivity contribution in [2.45, 2.75) is 67.7 Å². The number of hydrogen-bond acceptors (Lipinski definition) is 10. The first-order chi connectivity index (χ1) is 24.4. The molecule has 272 valence electrons. The molecular weight excluding hydrogens is 736 g/mol. The maximum atomic E-state index is 14.5. The summed E-state index contributed by atoms with van der Waals surface area (Å²) in [7, 11) is -5.41. The highest BCUT2D eigenvalue weighted by atomic mass is 35.5. The summed E-state index contributed by atoms with van der Waals surface area (Å²) < 4.78 is 81.3. The Morgan fingerprint density at radius 1 is 1.06 bits per heavy atom. The summed E-state index contributed by atoms with van der Waals surface area (Å²) >= 11 is 6.65. The summed E-state index contributed by atoms with van der Waals surface area (Å²) in [6.07, 6.45) is 3.35. The molecule has 0 unspecified atom stereocenters. The van der Waals surface area contributed by atoms with Crippen LogP contribution in [0.3, 0.4) is 0 Å². The van der Waals surface area contributed by atoms with Gasteiger partial charge in [-0.05, 0) is 85.4 Å². The number of pyridine rings is 1. The van der Waals surface area contributed by atoms with Crippen molar-refractivity contribution in [2.75, 3.05) is 6.26 Å². The van der Waals surface area contributed by atoms with Crippen molar-refractivity contribution in [3.05, 3.63) is 88.1 Å². The molecule has 0 radical (unpaired) electrons. The van der Waals surface area contributed by atoms with Crippen LogP contribution in [-0.2, 0) is 50.2 Å². The smallest absolute Gasteiger partial charge is 0.169 e. The number of fused-ring (bicyclic) bond motifs is 1. The van der Waals surface area contributed by atoms with Crippen LogP contribution in [0.1, 0.15) is 61.7 Å². The average molecular weight is 770 g/mol. The average Bonchev–Trinajstić information content (AvgIpc) is 3.71. The van der Waals surface area contributed by atoms with E-state index in [0.717, 1.165) is 12.3 Å². The third-order valence-corrected chi connectivity index (χ3v) is 12.8. The van der Waals surface area contributed by atoms with E-state index in [4.69, 9.17) is 16.6 Å². The fourth-order valence-corrected chi connectivity index (χ4v) is 8.98. The highest BCUT2D eigenvalue weighted by Crippen LogP contribution is 2.40. The molecule has 3 aromatic heterocycles. The largest absolute Gasteiger partial charge is 0.298 e. The second kappa shape index (κ2) is 14.1. The number of halogens is 3. The zero-order valence-corrected chi connectivity index (χ0v) is 31.0. The molecule has 6 rings (SSSR count). The van der Waals surface area contributed by atoms with E-state index < -0.39 is 47.2 Å². The topological polar surface area (TPSA) is 160 Å². The number of benzene rings is 2. The molecule has 0 saturated heterocycles. The molecule has 0 spiro atoms. The van der Waals surface area contributed by atoms with Gasteiger partial charge in [0.2, 0.25) is 0 Å². The number of sulfone groups is 2. The van der Waals surface area contributed by atoms with E-state index >= 15 is 0 Å². The minimum Gasteiger partial charge on any atom is -0.298 e. The van der Waals surface area contributed by atoms with Gasteiger partial charge in [0.1, 0.15) is 34.9 Å². The third kappa shape index (κ3) is 8.06. The fraction of sp³-hybridized carbons (Fsp3) is 0.371. The molecule has 3 heterocycles. The predicted molar refractivity (Wildman–Crippen MR) is 191 cm³/mol. The summed E-state index contributed by atoms with van der Waals surface area (Å²) in [5, 5.41) is 15.6. The van der Waals surface area contributed by atoms with Crippen molar-refractivity contribution in [3.8, 4) is 23.0 Å². The zero-order chi connectivity index (χ0) is 37.6. The van der Waals surface area contributed by atoms with E-state index in [0.29, 0.717) is 40.6 Å². The van der Waals surface area contributed by atoms with Crippen LogP contribution in [0.2, 0.25) is 5.02 Å². The molecule has 1 fully saturated rings. The lowest BCUT2D eigenvalue weighted by molar-refractivity contribution is -0.120. The fourth-order valence-electron chi connectivity index (χ4n) is 6.24. The number of rotatable bonds is 12. The van der Waals surface area contributed by atoms with Crippen molar-refractivity contribution < 1.29 is 30.4 Å². The van der Waals surface area contributed by atoms with Gasteiger partial charge in [-0.15, -0.1) is 5.10 Å². The number of nitrogens with zero attached hydrogens (tertiary/aromatic N) is 7. The SMILES string of the molecule is Cn1nc(CS(C)(=O)=O)c2c(Cl)ccc(-c3ccc(C#CC(C)(C)S(=O)(=O)C4CC4)nc3[C@@H](CC(=O)Cn3cnnn3)Cc3cc(F)cc(F)c3)c21. The van der Waals surface area contributed by atoms with E-state index in [1.807, 2.05) is 0 Å². The minimum atomic E-state index is -3.55. The van der Waals surface area contributed by atoms with Crippen molar-refractivity contribution in [1.82, 2.24) is 35.0 Å². The number of carbonyl (C=O) groups is 1. The summed E-state index contributed by atoms with van der Waals surface area (Å²) in [5.41, 5.74) is 2.54. The second-order valence-electron chi connectivity index (χ2n) is 13.5. The van der Waals surface area contributed by atoms with Crippen molar-refractivity contribution in [3.63, 3.8) is 0 Å². The molecule has 12 nitrogen and oxygen atoms in total. The van der Waals surface area contributed by atoms with E-state index in [9.17, 15) is 30.4 Å². The Balaban J connectivity index is 1.55.